The first kappa shape index (κ1) is 37.6. The molecule has 0 spiro atoms. The Bertz CT molecular complexity index is 2670. The number of carbonyl (C=O) groups excluding carboxylic acids is 2. The highest BCUT2D eigenvalue weighted by atomic mass is 32.2. The van der Waals surface area contributed by atoms with Crippen LogP contribution in [-0.2, 0) is 33.0 Å². The number of halogens is 2. The maximum atomic E-state index is 15.4. The van der Waals surface area contributed by atoms with E-state index in [0.29, 0.717) is 36.2 Å². The molecule has 0 unspecified atom stereocenters. The van der Waals surface area contributed by atoms with Gasteiger partial charge in [0.1, 0.15) is 36.4 Å². The maximum Gasteiger partial charge on any atom is 0.335 e. The van der Waals surface area contributed by atoms with E-state index in [1.165, 1.54) is 78.0 Å². The van der Waals surface area contributed by atoms with Crippen LogP contribution in [0.1, 0.15) is 48.2 Å². The van der Waals surface area contributed by atoms with Crippen molar-refractivity contribution in [3.8, 4) is 11.4 Å². The van der Waals surface area contributed by atoms with Crippen LogP contribution < -0.4 is 21.3 Å². The number of carbonyl (C=O) groups is 2. The molecule has 2 N–H and O–H groups in total. The molecule has 0 aliphatic heterocycles. The summed E-state index contributed by atoms with van der Waals surface area (Å²) in [6.07, 6.45) is 11.1. The van der Waals surface area contributed by atoms with Crippen LogP contribution in [0.25, 0.3) is 22.3 Å². The average molecular weight is 787 g/mol. The second-order valence-electron chi connectivity index (χ2n) is 12.9. The Balaban J connectivity index is 1.11. The number of pyridine rings is 3. The molecule has 6 aromatic rings. The molecule has 0 saturated heterocycles. The minimum atomic E-state index is -4.51. The van der Waals surface area contributed by atoms with Gasteiger partial charge in [-0.3, -0.25) is 28.8 Å². The number of nitrogens with zero attached hydrogens (tertiary/aromatic N) is 8. The normalized spacial score (nSPS) is 14.0. The van der Waals surface area contributed by atoms with Crippen LogP contribution in [-0.4, -0.2) is 71.3 Å². The molecule has 20 heteroatoms. The molecule has 288 valence electrons. The third-order valence-corrected chi connectivity index (χ3v) is 10.5. The highest BCUT2D eigenvalue weighted by Gasteiger charge is 2.29. The number of amides is 1. The molecule has 1 aliphatic rings. The van der Waals surface area contributed by atoms with Gasteiger partial charge in [-0.15, -0.1) is 0 Å². The number of aromatic nitrogens is 8. The minimum absolute atomic E-state index is 0.135. The van der Waals surface area contributed by atoms with Crippen molar-refractivity contribution in [3.63, 3.8) is 0 Å². The van der Waals surface area contributed by atoms with Gasteiger partial charge in [-0.05, 0) is 62.1 Å². The molecule has 1 saturated carbocycles. The number of esters is 1. The van der Waals surface area contributed by atoms with E-state index in [0.717, 1.165) is 29.9 Å². The van der Waals surface area contributed by atoms with E-state index in [4.69, 9.17) is 4.74 Å². The third kappa shape index (κ3) is 7.76. The Hall–Kier alpha value is -6.70. The molecule has 17 nitrogen and oxygen atoms in total. The van der Waals surface area contributed by atoms with Gasteiger partial charge in [-0.1, -0.05) is 6.42 Å². The largest absolute Gasteiger partial charge is 0.461 e. The van der Waals surface area contributed by atoms with Crippen LogP contribution in [0.2, 0.25) is 0 Å². The van der Waals surface area contributed by atoms with Gasteiger partial charge in [0.25, 0.3) is 21.5 Å². The molecule has 0 radical (unpaired) electrons. The standard InChI is InChI=1S/C36H32F2N10O7S/c1-46-31-18-39-12-11-25(31)34(50)48(36(46)52)23-8-7-21(41-17-23)13-30(35(51)55-24-5-3-2-4-6-24)44-33(49)26-14-28(38)29(15-27(26)37)45-56(53,54)32-10-9-22(16-42-32)47-20-40-19-43-47/h7-12,14-20,24,30,45H,2-6,13H2,1H3,(H,44,49)/t30-/m0/s1. The van der Waals surface area contributed by atoms with E-state index in [9.17, 15) is 27.6 Å². The van der Waals surface area contributed by atoms with Crippen molar-refractivity contribution in [2.75, 3.05) is 4.72 Å². The van der Waals surface area contributed by atoms with E-state index in [2.05, 4.69) is 30.4 Å². The van der Waals surface area contributed by atoms with E-state index in [1.54, 1.807) is 0 Å². The Morgan fingerprint density at radius 3 is 2.41 bits per heavy atom. The van der Waals surface area contributed by atoms with Crippen LogP contribution in [0.4, 0.5) is 14.5 Å². The summed E-state index contributed by atoms with van der Waals surface area (Å²) in [5.74, 6) is -4.61. The summed E-state index contributed by atoms with van der Waals surface area (Å²) in [6.45, 7) is 0. The van der Waals surface area contributed by atoms with Crippen molar-refractivity contribution in [2.45, 2.75) is 55.7 Å². The topological polar surface area (TPSA) is 215 Å². The summed E-state index contributed by atoms with van der Waals surface area (Å²) in [5, 5.41) is 6.07. The van der Waals surface area contributed by atoms with E-state index in [1.807, 2.05) is 4.72 Å². The number of nitrogens with one attached hydrogen (secondary N) is 2. The van der Waals surface area contributed by atoms with Crippen molar-refractivity contribution >= 4 is 38.5 Å². The number of fused-ring (bicyclic) bond motifs is 1. The van der Waals surface area contributed by atoms with Gasteiger partial charge in [0.15, 0.2) is 5.03 Å². The average Bonchev–Trinajstić information content (AvgIpc) is 3.74. The van der Waals surface area contributed by atoms with Gasteiger partial charge >= 0.3 is 11.7 Å². The van der Waals surface area contributed by atoms with Crippen LogP contribution >= 0.6 is 0 Å². The quantitative estimate of drug-likeness (QED) is 0.182. The smallest absolute Gasteiger partial charge is 0.335 e. The second-order valence-corrected chi connectivity index (χ2v) is 14.6. The molecule has 1 aliphatic carbocycles. The molecule has 1 amide bonds. The molecule has 0 bridgehead atoms. The van der Waals surface area contributed by atoms with Crippen molar-refractivity contribution in [1.82, 2.24) is 44.2 Å². The zero-order chi connectivity index (χ0) is 39.6. The highest BCUT2D eigenvalue weighted by Crippen LogP contribution is 2.24. The number of sulfonamides is 1. The van der Waals surface area contributed by atoms with Crippen molar-refractivity contribution in [1.29, 1.82) is 0 Å². The lowest BCUT2D eigenvalue weighted by Gasteiger charge is -2.25. The zero-order valence-corrected chi connectivity index (χ0v) is 30.3. The number of anilines is 1. The molecule has 7 rings (SSSR count). The van der Waals surface area contributed by atoms with Gasteiger partial charge in [0.05, 0.1) is 52.1 Å². The monoisotopic (exact) mass is 786 g/mol. The second kappa shape index (κ2) is 15.6. The molecule has 1 aromatic carbocycles. The van der Waals surface area contributed by atoms with Crippen molar-refractivity contribution < 1.29 is 31.5 Å². The van der Waals surface area contributed by atoms with Gasteiger partial charge in [0, 0.05) is 31.4 Å². The van der Waals surface area contributed by atoms with Gasteiger partial charge in [0.2, 0.25) is 0 Å². The van der Waals surface area contributed by atoms with Crippen molar-refractivity contribution in [3.05, 3.63) is 124 Å². The number of ether oxygens (including phenoxy) is 1. The van der Waals surface area contributed by atoms with Crippen LogP contribution in [0, 0.1) is 11.6 Å². The first-order valence-corrected chi connectivity index (χ1v) is 18.7. The summed E-state index contributed by atoms with van der Waals surface area (Å²) in [7, 11) is -3.01. The Morgan fingerprint density at radius 1 is 0.946 bits per heavy atom. The molecule has 1 atom stereocenters. The summed E-state index contributed by atoms with van der Waals surface area (Å²) < 4.78 is 67.9. The number of aryl methyl sites for hydroxylation is 1. The van der Waals surface area contributed by atoms with Gasteiger partial charge in [-0.25, -0.2) is 37.6 Å². The molecule has 1 fully saturated rings. The third-order valence-electron chi connectivity index (χ3n) is 9.20. The Kier molecular flexibility index (Phi) is 10.5. The van der Waals surface area contributed by atoms with E-state index >= 15 is 8.78 Å². The van der Waals surface area contributed by atoms with Crippen LogP contribution in [0.5, 0.6) is 0 Å². The Labute approximate surface area is 316 Å². The van der Waals surface area contributed by atoms with E-state index < -0.39 is 73.2 Å². The van der Waals surface area contributed by atoms with Crippen LogP contribution in [0.3, 0.4) is 0 Å². The SMILES string of the molecule is Cn1c(=O)n(-c2ccc(C[C@H](NC(=O)c3cc(F)c(NS(=O)(=O)c4ccc(-n5cncn5)cn4)cc3F)C(=O)OC3CCCCC3)nc2)c(=O)c2ccncc21. The molecule has 56 heavy (non-hydrogen) atoms. The summed E-state index contributed by atoms with van der Waals surface area (Å²) >= 11 is 0. The lowest BCUT2D eigenvalue weighted by Crippen LogP contribution is -2.45. The summed E-state index contributed by atoms with van der Waals surface area (Å²) in [4.78, 5) is 69.2. The zero-order valence-electron chi connectivity index (χ0n) is 29.5. The predicted octanol–water partition coefficient (Wildman–Crippen LogP) is 2.75. The fraction of sp³-hybridized carbons (Fsp3) is 0.250. The maximum absolute atomic E-state index is 15.4. The number of hydrogen-bond acceptors (Lipinski definition) is 12. The summed E-state index contributed by atoms with van der Waals surface area (Å²) in [5.41, 5.74) is -1.75. The molecule has 5 heterocycles. The van der Waals surface area contributed by atoms with E-state index in [-0.39, 0.29) is 23.2 Å². The number of hydrogen-bond donors (Lipinski definition) is 2. The fourth-order valence-corrected chi connectivity index (χ4v) is 7.25. The van der Waals surface area contributed by atoms with Gasteiger partial charge < -0.3 is 10.1 Å². The fourth-order valence-electron chi connectivity index (χ4n) is 6.26. The first-order valence-electron chi connectivity index (χ1n) is 17.2. The predicted molar refractivity (Wildman–Crippen MR) is 195 cm³/mol. The first-order chi connectivity index (χ1) is 26.9. The number of benzene rings is 1. The molecular formula is C36H32F2N10O7S. The summed E-state index contributed by atoms with van der Waals surface area (Å²) in [6, 6.07) is 6.45. The molecule has 5 aromatic heterocycles. The molecular weight excluding hydrogens is 755 g/mol. The highest BCUT2D eigenvalue weighted by molar-refractivity contribution is 7.92. The lowest BCUT2D eigenvalue weighted by atomic mass is 9.97. The lowest BCUT2D eigenvalue weighted by molar-refractivity contribution is -0.152. The van der Waals surface area contributed by atoms with Crippen LogP contribution in [0.15, 0.2) is 94.5 Å². The number of rotatable bonds is 11. The Morgan fingerprint density at radius 2 is 1.71 bits per heavy atom. The van der Waals surface area contributed by atoms with Crippen molar-refractivity contribution in [2.24, 2.45) is 7.05 Å². The minimum Gasteiger partial charge on any atom is -0.461 e. The van der Waals surface area contributed by atoms with Gasteiger partial charge in [-0.2, -0.15) is 13.5 Å².